The standard InChI is InChI=1S/C17H24FNO4/c1-10(2)7-11(3)8-15(20)19-16(17(21)22)12-5-6-14(23-4)13(18)9-12/h5-6,9-11,16H,7-8H2,1-4H3,(H,19,20)(H,21,22). The summed E-state index contributed by atoms with van der Waals surface area (Å²) in [5.74, 6) is -1.63. The highest BCUT2D eigenvalue weighted by atomic mass is 19.1. The van der Waals surface area contributed by atoms with Crippen LogP contribution in [0.15, 0.2) is 18.2 Å². The van der Waals surface area contributed by atoms with E-state index in [1.807, 2.05) is 6.92 Å². The lowest BCUT2D eigenvalue weighted by Crippen LogP contribution is -2.34. The quantitative estimate of drug-likeness (QED) is 0.770. The van der Waals surface area contributed by atoms with E-state index >= 15 is 0 Å². The van der Waals surface area contributed by atoms with Crippen LogP contribution in [0.5, 0.6) is 5.75 Å². The fourth-order valence-corrected chi connectivity index (χ4v) is 2.57. The van der Waals surface area contributed by atoms with Crippen molar-refractivity contribution in [1.29, 1.82) is 0 Å². The number of hydrogen-bond donors (Lipinski definition) is 2. The lowest BCUT2D eigenvalue weighted by molar-refractivity contribution is -0.142. The molecule has 0 radical (unpaired) electrons. The second-order valence-corrected chi connectivity index (χ2v) is 6.17. The molecular formula is C17H24FNO4. The van der Waals surface area contributed by atoms with Gasteiger partial charge >= 0.3 is 5.97 Å². The molecule has 0 aliphatic rings. The first kappa shape index (κ1) is 18.9. The number of carbonyl (C=O) groups excluding carboxylic acids is 1. The minimum atomic E-state index is -1.28. The molecule has 0 saturated carbocycles. The third kappa shape index (κ3) is 5.88. The first-order chi connectivity index (χ1) is 10.7. The third-order valence-electron chi connectivity index (χ3n) is 3.47. The number of nitrogens with one attached hydrogen (secondary N) is 1. The van der Waals surface area contributed by atoms with Crippen molar-refractivity contribution in [3.8, 4) is 5.75 Å². The Labute approximate surface area is 135 Å². The van der Waals surface area contributed by atoms with Gasteiger partial charge in [0, 0.05) is 6.42 Å². The molecule has 2 unspecified atom stereocenters. The zero-order valence-corrected chi connectivity index (χ0v) is 13.9. The number of ether oxygens (including phenoxy) is 1. The van der Waals surface area contributed by atoms with Crippen LogP contribution in [-0.2, 0) is 9.59 Å². The maximum atomic E-state index is 13.7. The van der Waals surface area contributed by atoms with Gasteiger partial charge in [0.15, 0.2) is 17.6 Å². The molecule has 0 aromatic heterocycles. The van der Waals surface area contributed by atoms with E-state index < -0.39 is 17.8 Å². The first-order valence-corrected chi connectivity index (χ1v) is 7.60. The van der Waals surface area contributed by atoms with Gasteiger partial charge in [-0.3, -0.25) is 4.79 Å². The maximum absolute atomic E-state index is 13.7. The summed E-state index contributed by atoms with van der Waals surface area (Å²) in [5, 5.41) is 11.8. The summed E-state index contributed by atoms with van der Waals surface area (Å²) in [6.45, 7) is 6.07. The van der Waals surface area contributed by atoms with Gasteiger partial charge in [0.2, 0.25) is 5.91 Å². The van der Waals surface area contributed by atoms with Gasteiger partial charge in [0.25, 0.3) is 0 Å². The maximum Gasteiger partial charge on any atom is 0.330 e. The minimum absolute atomic E-state index is 0.0229. The van der Waals surface area contributed by atoms with Crippen molar-refractivity contribution in [1.82, 2.24) is 5.32 Å². The highest BCUT2D eigenvalue weighted by Crippen LogP contribution is 2.23. The van der Waals surface area contributed by atoms with Crippen molar-refractivity contribution in [3.63, 3.8) is 0 Å². The number of rotatable bonds is 8. The Morgan fingerprint density at radius 1 is 1.30 bits per heavy atom. The molecule has 2 N–H and O–H groups in total. The highest BCUT2D eigenvalue weighted by Gasteiger charge is 2.24. The van der Waals surface area contributed by atoms with Crippen LogP contribution in [0, 0.1) is 17.7 Å². The lowest BCUT2D eigenvalue weighted by Gasteiger charge is -2.18. The van der Waals surface area contributed by atoms with E-state index in [0.29, 0.717) is 5.92 Å². The average molecular weight is 325 g/mol. The molecule has 0 spiro atoms. The highest BCUT2D eigenvalue weighted by molar-refractivity contribution is 5.84. The van der Waals surface area contributed by atoms with Gasteiger partial charge in [-0.1, -0.05) is 26.8 Å². The third-order valence-corrected chi connectivity index (χ3v) is 3.47. The van der Waals surface area contributed by atoms with E-state index in [0.717, 1.165) is 12.5 Å². The Morgan fingerprint density at radius 2 is 1.96 bits per heavy atom. The molecule has 1 rings (SSSR count). The van der Waals surface area contributed by atoms with Crippen molar-refractivity contribution >= 4 is 11.9 Å². The molecule has 1 aromatic carbocycles. The number of carboxylic acids is 1. The van der Waals surface area contributed by atoms with Crippen LogP contribution in [0.25, 0.3) is 0 Å². The van der Waals surface area contributed by atoms with Gasteiger partial charge in [-0.25, -0.2) is 9.18 Å². The molecule has 0 heterocycles. The van der Waals surface area contributed by atoms with Gasteiger partial charge in [-0.05, 0) is 36.0 Å². The number of aliphatic carboxylic acids is 1. The van der Waals surface area contributed by atoms with Crippen molar-refractivity contribution in [2.75, 3.05) is 7.11 Å². The topological polar surface area (TPSA) is 75.6 Å². The van der Waals surface area contributed by atoms with Crippen LogP contribution in [0.3, 0.4) is 0 Å². The Hall–Kier alpha value is -2.11. The summed E-state index contributed by atoms with van der Waals surface area (Å²) in [6.07, 6.45) is 1.11. The molecule has 0 aliphatic heterocycles. The van der Waals surface area contributed by atoms with Crippen LogP contribution in [0.4, 0.5) is 4.39 Å². The SMILES string of the molecule is COc1ccc(C(NC(=O)CC(C)CC(C)C)C(=O)O)cc1F. The molecule has 0 saturated heterocycles. The summed E-state index contributed by atoms with van der Waals surface area (Å²) in [5.41, 5.74) is 0.167. The predicted molar refractivity (Wildman–Crippen MR) is 84.7 cm³/mol. The number of carboxylic acid groups (broad SMARTS) is 1. The largest absolute Gasteiger partial charge is 0.494 e. The second-order valence-electron chi connectivity index (χ2n) is 6.17. The molecule has 5 nitrogen and oxygen atoms in total. The number of methoxy groups -OCH3 is 1. The fourth-order valence-electron chi connectivity index (χ4n) is 2.57. The summed E-state index contributed by atoms with van der Waals surface area (Å²) >= 11 is 0. The van der Waals surface area contributed by atoms with Crippen LogP contribution < -0.4 is 10.1 Å². The number of halogens is 1. The van der Waals surface area contributed by atoms with Crippen molar-refractivity contribution in [2.45, 2.75) is 39.7 Å². The van der Waals surface area contributed by atoms with E-state index in [1.165, 1.54) is 19.2 Å². The number of amides is 1. The van der Waals surface area contributed by atoms with Gasteiger partial charge < -0.3 is 15.2 Å². The normalized spacial score (nSPS) is 13.5. The monoisotopic (exact) mass is 325 g/mol. The molecule has 23 heavy (non-hydrogen) atoms. The van der Waals surface area contributed by atoms with Crippen molar-refractivity contribution in [2.24, 2.45) is 11.8 Å². The minimum Gasteiger partial charge on any atom is -0.494 e. The fraction of sp³-hybridized carbons (Fsp3) is 0.529. The second kappa shape index (κ2) is 8.50. The molecular weight excluding hydrogens is 301 g/mol. The number of carbonyl (C=O) groups is 2. The van der Waals surface area contributed by atoms with E-state index in [-0.39, 0.29) is 29.6 Å². The van der Waals surface area contributed by atoms with Gasteiger partial charge in [-0.15, -0.1) is 0 Å². The number of benzene rings is 1. The molecule has 1 amide bonds. The summed E-state index contributed by atoms with van der Waals surface area (Å²) in [6, 6.07) is 2.55. The Bertz CT molecular complexity index is 560. The van der Waals surface area contributed by atoms with Crippen molar-refractivity contribution < 1.29 is 23.8 Å². The predicted octanol–water partition coefficient (Wildman–Crippen LogP) is 3.15. The Balaban J connectivity index is 2.81. The lowest BCUT2D eigenvalue weighted by atomic mass is 9.95. The van der Waals surface area contributed by atoms with E-state index in [9.17, 15) is 19.1 Å². The molecule has 128 valence electrons. The smallest absolute Gasteiger partial charge is 0.330 e. The summed E-state index contributed by atoms with van der Waals surface area (Å²) < 4.78 is 18.5. The van der Waals surface area contributed by atoms with E-state index in [1.54, 1.807) is 0 Å². The van der Waals surface area contributed by atoms with Crippen LogP contribution in [-0.4, -0.2) is 24.1 Å². The first-order valence-electron chi connectivity index (χ1n) is 7.60. The van der Waals surface area contributed by atoms with Crippen LogP contribution in [0.1, 0.15) is 45.2 Å². The Kier molecular flexibility index (Phi) is 7.00. The van der Waals surface area contributed by atoms with E-state index in [2.05, 4.69) is 19.2 Å². The van der Waals surface area contributed by atoms with Crippen LogP contribution >= 0.6 is 0 Å². The zero-order chi connectivity index (χ0) is 17.6. The average Bonchev–Trinajstić information content (AvgIpc) is 2.43. The van der Waals surface area contributed by atoms with Gasteiger partial charge in [-0.2, -0.15) is 0 Å². The Morgan fingerprint density at radius 3 is 2.43 bits per heavy atom. The van der Waals surface area contributed by atoms with Gasteiger partial charge in [0.1, 0.15) is 0 Å². The molecule has 6 heteroatoms. The molecule has 2 atom stereocenters. The van der Waals surface area contributed by atoms with Crippen LogP contribution in [0.2, 0.25) is 0 Å². The summed E-state index contributed by atoms with van der Waals surface area (Å²) in [7, 11) is 1.32. The molecule has 0 fully saturated rings. The summed E-state index contributed by atoms with van der Waals surface area (Å²) in [4.78, 5) is 23.4. The van der Waals surface area contributed by atoms with Crippen molar-refractivity contribution in [3.05, 3.63) is 29.6 Å². The van der Waals surface area contributed by atoms with E-state index in [4.69, 9.17) is 4.74 Å². The molecule has 0 bridgehead atoms. The number of hydrogen-bond acceptors (Lipinski definition) is 3. The van der Waals surface area contributed by atoms with Gasteiger partial charge in [0.05, 0.1) is 7.11 Å². The zero-order valence-electron chi connectivity index (χ0n) is 13.9. The molecule has 1 aromatic rings. The molecule has 0 aliphatic carbocycles.